The van der Waals surface area contributed by atoms with E-state index < -0.39 is 6.10 Å². The first kappa shape index (κ1) is 21.8. The first-order valence-electron chi connectivity index (χ1n) is 11.1. The van der Waals surface area contributed by atoms with E-state index in [1.54, 1.807) is 9.80 Å². The summed E-state index contributed by atoms with van der Waals surface area (Å²) in [5.41, 5.74) is 2.16. The summed E-state index contributed by atoms with van der Waals surface area (Å²) in [6, 6.07) is 9.27. The van der Waals surface area contributed by atoms with Gasteiger partial charge in [0, 0.05) is 30.2 Å². The van der Waals surface area contributed by atoms with Crippen molar-refractivity contribution in [3.8, 4) is 11.3 Å². The molecule has 1 aromatic heterocycles. The molecule has 2 amide bonds. The van der Waals surface area contributed by atoms with Gasteiger partial charge in [-0.15, -0.1) is 0 Å². The van der Waals surface area contributed by atoms with Gasteiger partial charge in [0.25, 0.3) is 5.91 Å². The number of unbranched alkanes of at least 4 members (excludes halogenated alkanes) is 2. The third kappa shape index (κ3) is 4.77. The number of fused-ring (bicyclic) bond motifs is 1. The Labute approximate surface area is 187 Å². The van der Waals surface area contributed by atoms with E-state index >= 15 is 0 Å². The van der Waals surface area contributed by atoms with E-state index in [-0.39, 0.29) is 24.4 Å². The Kier molecular flexibility index (Phi) is 6.62. The van der Waals surface area contributed by atoms with Crippen molar-refractivity contribution in [3.05, 3.63) is 41.0 Å². The summed E-state index contributed by atoms with van der Waals surface area (Å²) in [6.07, 6.45) is 4.32. The van der Waals surface area contributed by atoms with Crippen LogP contribution in [0.25, 0.3) is 11.3 Å². The second-order valence-corrected chi connectivity index (χ2v) is 8.92. The van der Waals surface area contributed by atoms with Gasteiger partial charge in [-0.2, -0.15) is 5.10 Å². The number of carbonyl (C=O) groups is 2. The lowest BCUT2D eigenvalue weighted by Crippen LogP contribution is -2.48. The van der Waals surface area contributed by atoms with Crippen molar-refractivity contribution >= 4 is 23.4 Å². The van der Waals surface area contributed by atoms with E-state index in [0.29, 0.717) is 36.8 Å². The van der Waals surface area contributed by atoms with Gasteiger partial charge in [-0.1, -0.05) is 49.9 Å². The summed E-state index contributed by atoms with van der Waals surface area (Å²) in [5, 5.41) is 15.1. The number of aromatic nitrogens is 2. The Morgan fingerprint density at radius 1 is 1.23 bits per heavy atom. The maximum Gasteiger partial charge on any atom is 0.272 e. The van der Waals surface area contributed by atoms with Crippen LogP contribution in [0.1, 0.15) is 55.6 Å². The number of halogens is 1. The van der Waals surface area contributed by atoms with E-state index in [1.165, 1.54) is 0 Å². The number of likely N-dealkylation sites (tertiary alicyclic amines) is 1. The molecule has 3 heterocycles. The molecule has 0 aliphatic carbocycles. The second kappa shape index (κ2) is 9.40. The fraction of sp³-hybridized carbons (Fsp3) is 0.522. The van der Waals surface area contributed by atoms with Crippen molar-refractivity contribution < 1.29 is 14.7 Å². The Morgan fingerprint density at radius 3 is 2.68 bits per heavy atom. The molecule has 1 fully saturated rings. The predicted molar refractivity (Wildman–Crippen MR) is 119 cm³/mol. The summed E-state index contributed by atoms with van der Waals surface area (Å²) in [7, 11) is 0. The molecule has 7 nitrogen and oxygen atoms in total. The molecule has 2 aliphatic rings. The second-order valence-electron chi connectivity index (χ2n) is 8.48. The Hall–Kier alpha value is -2.38. The SMILES string of the molecule is CCCCCC1CN(CC(=O)N2CCC(O)C2)C(=O)c2cc(-c3ccc(Cl)cc3)nn21. The Balaban J connectivity index is 1.58. The molecule has 0 radical (unpaired) electrons. The third-order valence-corrected chi connectivity index (χ3v) is 6.39. The fourth-order valence-corrected chi connectivity index (χ4v) is 4.51. The standard InChI is InChI=1S/C23H29ClN4O3/c1-2-3-4-5-18-13-27(15-22(30)26-11-10-19(29)14-26)23(31)21-12-20(25-28(18)21)16-6-8-17(24)9-7-16/h6-9,12,18-19,29H,2-5,10-11,13-15H2,1H3. The third-order valence-electron chi connectivity index (χ3n) is 6.14. The molecule has 2 atom stereocenters. The maximum atomic E-state index is 13.2. The molecular formula is C23H29ClN4O3. The summed E-state index contributed by atoms with van der Waals surface area (Å²) in [6.45, 7) is 3.56. The van der Waals surface area contributed by atoms with E-state index in [9.17, 15) is 14.7 Å². The highest BCUT2D eigenvalue weighted by Gasteiger charge is 2.35. The van der Waals surface area contributed by atoms with Gasteiger partial charge in [-0.05, 0) is 31.0 Å². The number of benzene rings is 1. The maximum absolute atomic E-state index is 13.2. The van der Waals surface area contributed by atoms with Crippen LogP contribution in [-0.4, -0.2) is 68.8 Å². The summed E-state index contributed by atoms with van der Waals surface area (Å²) in [5.74, 6) is -0.282. The highest BCUT2D eigenvalue weighted by Crippen LogP contribution is 2.30. The largest absolute Gasteiger partial charge is 0.391 e. The van der Waals surface area contributed by atoms with Crippen molar-refractivity contribution in [2.75, 3.05) is 26.2 Å². The van der Waals surface area contributed by atoms with E-state index in [0.717, 1.165) is 36.9 Å². The van der Waals surface area contributed by atoms with Crippen LogP contribution in [0.2, 0.25) is 5.02 Å². The van der Waals surface area contributed by atoms with Crippen LogP contribution < -0.4 is 0 Å². The normalized spacial score (nSPS) is 20.9. The molecule has 31 heavy (non-hydrogen) atoms. The van der Waals surface area contributed by atoms with E-state index in [4.69, 9.17) is 16.7 Å². The van der Waals surface area contributed by atoms with Crippen LogP contribution in [0, 0.1) is 0 Å². The zero-order chi connectivity index (χ0) is 22.0. The average molecular weight is 445 g/mol. The van der Waals surface area contributed by atoms with Crippen LogP contribution in [-0.2, 0) is 4.79 Å². The lowest BCUT2D eigenvalue weighted by Gasteiger charge is -2.34. The summed E-state index contributed by atoms with van der Waals surface area (Å²) < 4.78 is 1.85. The molecule has 1 N–H and O–H groups in total. The predicted octanol–water partition coefficient (Wildman–Crippen LogP) is 3.37. The fourth-order valence-electron chi connectivity index (χ4n) is 4.38. The average Bonchev–Trinajstić information content (AvgIpc) is 3.39. The first-order chi connectivity index (χ1) is 15.0. The van der Waals surface area contributed by atoms with Crippen LogP contribution in [0.15, 0.2) is 30.3 Å². The van der Waals surface area contributed by atoms with Gasteiger partial charge in [-0.25, -0.2) is 0 Å². The lowest BCUT2D eigenvalue weighted by molar-refractivity contribution is -0.131. The molecule has 0 bridgehead atoms. The number of nitrogens with zero attached hydrogens (tertiary/aromatic N) is 4. The lowest BCUT2D eigenvalue weighted by atomic mass is 10.0. The number of aliphatic hydroxyl groups is 1. The smallest absolute Gasteiger partial charge is 0.272 e. The highest BCUT2D eigenvalue weighted by atomic mass is 35.5. The molecule has 2 aliphatic heterocycles. The van der Waals surface area contributed by atoms with Gasteiger partial charge < -0.3 is 14.9 Å². The molecular weight excluding hydrogens is 416 g/mol. The number of rotatable bonds is 7. The molecule has 8 heteroatoms. The molecule has 1 aromatic carbocycles. The number of amides is 2. The topological polar surface area (TPSA) is 78.7 Å². The molecule has 2 unspecified atom stereocenters. The Bertz CT molecular complexity index is 943. The molecule has 0 saturated carbocycles. The van der Waals surface area contributed by atoms with Gasteiger partial charge in [0.15, 0.2) is 0 Å². The van der Waals surface area contributed by atoms with Gasteiger partial charge in [-0.3, -0.25) is 14.3 Å². The van der Waals surface area contributed by atoms with Gasteiger partial charge in [0.05, 0.1) is 17.8 Å². The van der Waals surface area contributed by atoms with Crippen molar-refractivity contribution in [1.82, 2.24) is 19.6 Å². The molecule has 1 saturated heterocycles. The van der Waals surface area contributed by atoms with Gasteiger partial charge in [0.1, 0.15) is 12.2 Å². The van der Waals surface area contributed by atoms with Crippen molar-refractivity contribution in [1.29, 1.82) is 0 Å². The number of hydrogen-bond donors (Lipinski definition) is 1. The zero-order valence-electron chi connectivity index (χ0n) is 17.8. The van der Waals surface area contributed by atoms with E-state index in [1.807, 2.05) is 35.0 Å². The summed E-state index contributed by atoms with van der Waals surface area (Å²) in [4.78, 5) is 29.3. The van der Waals surface area contributed by atoms with Gasteiger partial charge in [0.2, 0.25) is 5.91 Å². The minimum Gasteiger partial charge on any atom is -0.391 e. The van der Waals surface area contributed by atoms with Crippen LogP contribution >= 0.6 is 11.6 Å². The molecule has 0 spiro atoms. The van der Waals surface area contributed by atoms with Gasteiger partial charge >= 0.3 is 0 Å². The Morgan fingerprint density at radius 2 is 2.00 bits per heavy atom. The van der Waals surface area contributed by atoms with Crippen molar-refractivity contribution in [2.24, 2.45) is 0 Å². The minimum atomic E-state index is -0.467. The molecule has 166 valence electrons. The zero-order valence-corrected chi connectivity index (χ0v) is 18.6. The van der Waals surface area contributed by atoms with E-state index in [2.05, 4.69) is 6.92 Å². The number of carbonyl (C=O) groups excluding carboxylic acids is 2. The quantitative estimate of drug-likeness (QED) is 0.664. The monoisotopic (exact) mass is 444 g/mol. The highest BCUT2D eigenvalue weighted by molar-refractivity contribution is 6.30. The number of β-amino-alcohol motifs (C(OH)–C–C–N with tert-alkyl or cyclic N) is 1. The van der Waals surface area contributed by atoms with Crippen LogP contribution in [0.3, 0.4) is 0 Å². The summed E-state index contributed by atoms with van der Waals surface area (Å²) >= 11 is 6.01. The van der Waals surface area contributed by atoms with Crippen molar-refractivity contribution in [2.45, 2.75) is 51.2 Å². The number of hydrogen-bond acceptors (Lipinski definition) is 4. The van der Waals surface area contributed by atoms with Crippen LogP contribution in [0.4, 0.5) is 0 Å². The molecule has 2 aromatic rings. The minimum absolute atomic E-state index is 0.0390. The van der Waals surface area contributed by atoms with Crippen LogP contribution in [0.5, 0.6) is 0 Å². The molecule has 4 rings (SSSR count). The number of aliphatic hydroxyl groups excluding tert-OH is 1. The van der Waals surface area contributed by atoms with Crippen molar-refractivity contribution in [3.63, 3.8) is 0 Å². The first-order valence-corrected chi connectivity index (χ1v) is 11.4.